The lowest BCUT2D eigenvalue weighted by Gasteiger charge is -2.03. The largest absolute Gasteiger partial charge is 0.276 e. The van der Waals surface area contributed by atoms with E-state index >= 15 is 0 Å². The standard InChI is InChI=1S/C9H9Cl2FN2/c1-2-9(11)14-13-8-4-3-6(12)5-7(8)10/h3-5,13H,2H2,1H3/b14-9+. The zero-order valence-corrected chi connectivity index (χ0v) is 9.03. The van der Waals surface area contributed by atoms with E-state index in [0.717, 1.165) is 0 Å². The van der Waals surface area contributed by atoms with Crippen molar-refractivity contribution in [2.24, 2.45) is 5.10 Å². The van der Waals surface area contributed by atoms with Crippen molar-refractivity contribution in [3.05, 3.63) is 29.0 Å². The first-order valence-electron chi connectivity index (χ1n) is 4.06. The lowest BCUT2D eigenvalue weighted by atomic mass is 10.3. The van der Waals surface area contributed by atoms with Crippen LogP contribution in [0.25, 0.3) is 0 Å². The smallest absolute Gasteiger partial charge is 0.126 e. The third-order valence-corrected chi connectivity index (χ3v) is 2.19. The minimum Gasteiger partial charge on any atom is -0.276 e. The van der Waals surface area contributed by atoms with Gasteiger partial charge in [0.25, 0.3) is 0 Å². The summed E-state index contributed by atoms with van der Waals surface area (Å²) < 4.78 is 12.6. The van der Waals surface area contributed by atoms with E-state index in [4.69, 9.17) is 23.2 Å². The summed E-state index contributed by atoms with van der Waals surface area (Å²) in [5, 5.41) is 4.54. The topological polar surface area (TPSA) is 24.4 Å². The molecule has 0 fully saturated rings. The maximum Gasteiger partial charge on any atom is 0.126 e. The van der Waals surface area contributed by atoms with Crippen LogP contribution in [0, 0.1) is 5.82 Å². The molecular weight excluding hydrogens is 226 g/mol. The van der Waals surface area contributed by atoms with Crippen molar-refractivity contribution in [1.82, 2.24) is 0 Å². The molecule has 0 amide bonds. The average Bonchev–Trinajstić information content (AvgIpc) is 2.16. The minimum atomic E-state index is -0.383. The zero-order chi connectivity index (χ0) is 10.6. The highest BCUT2D eigenvalue weighted by Crippen LogP contribution is 2.22. The summed E-state index contributed by atoms with van der Waals surface area (Å²) in [7, 11) is 0. The van der Waals surface area contributed by atoms with E-state index in [1.54, 1.807) is 0 Å². The molecular formula is C9H9Cl2FN2. The van der Waals surface area contributed by atoms with Crippen LogP contribution in [0.3, 0.4) is 0 Å². The number of nitrogens with zero attached hydrogens (tertiary/aromatic N) is 1. The number of hydrogen-bond acceptors (Lipinski definition) is 2. The number of rotatable bonds is 3. The van der Waals surface area contributed by atoms with Gasteiger partial charge in [0.05, 0.1) is 10.7 Å². The molecule has 2 nitrogen and oxygen atoms in total. The lowest BCUT2D eigenvalue weighted by molar-refractivity contribution is 0.628. The van der Waals surface area contributed by atoms with E-state index in [2.05, 4.69) is 10.5 Å². The fourth-order valence-corrected chi connectivity index (χ4v) is 1.03. The molecule has 1 aromatic rings. The number of nitrogens with one attached hydrogen (secondary N) is 1. The molecule has 0 aliphatic rings. The highest BCUT2D eigenvalue weighted by molar-refractivity contribution is 6.65. The molecule has 0 aromatic heterocycles. The van der Waals surface area contributed by atoms with Gasteiger partial charge in [-0.25, -0.2) is 4.39 Å². The molecule has 14 heavy (non-hydrogen) atoms. The molecule has 0 radical (unpaired) electrons. The van der Waals surface area contributed by atoms with E-state index in [-0.39, 0.29) is 10.8 Å². The van der Waals surface area contributed by atoms with Gasteiger partial charge >= 0.3 is 0 Å². The van der Waals surface area contributed by atoms with E-state index in [9.17, 15) is 4.39 Å². The van der Waals surface area contributed by atoms with Crippen LogP contribution in [0.1, 0.15) is 13.3 Å². The Morgan fingerprint density at radius 1 is 1.57 bits per heavy atom. The molecule has 1 N–H and O–H groups in total. The molecule has 0 atom stereocenters. The first kappa shape index (κ1) is 11.3. The SMILES string of the molecule is CC/C(Cl)=N\Nc1ccc(F)cc1Cl. The summed E-state index contributed by atoms with van der Waals surface area (Å²) >= 11 is 11.4. The number of benzene rings is 1. The quantitative estimate of drug-likeness (QED) is 0.624. The predicted molar refractivity (Wildman–Crippen MR) is 58.6 cm³/mol. The summed E-state index contributed by atoms with van der Waals surface area (Å²) in [6.45, 7) is 1.87. The van der Waals surface area contributed by atoms with Crippen molar-refractivity contribution in [3.8, 4) is 0 Å². The van der Waals surface area contributed by atoms with Crippen molar-refractivity contribution < 1.29 is 4.39 Å². The Morgan fingerprint density at radius 2 is 2.29 bits per heavy atom. The molecule has 0 heterocycles. The van der Waals surface area contributed by atoms with Gasteiger partial charge in [-0.2, -0.15) is 5.10 Å². The summed E-state index contributed by atoms with van der Waals surface area (Å²) in [6.07, 6.45) is 0.632. The van der Waals surface area contributed by atoms with Crippen molar-refractivity contribution in [2.75, 3.05) is 5.43 Å². The summed E-state index contributed by atoms with van der Waals surface area (Å²) in [4.78, 5) is 0. The Hall–Kier alpha value is -0.800. The molecule has 1 aromatic carbocycles. The Kier molecular flexibility index (Phi) is 4.17. The van der Waals surface area contributed by atoms with Crippen LogP contribution in [0.5, 0.6) is 0 Å². The summed E-state index contributed by atoms with van der Waals surface area (Å²) in [6, 6.07) is 4.00. The van der Waals surface area contributed by atoms with Gasteiger partial charge in [-0.1, -0.05) is 30.1 Å². The van der Waals surface area contributed by atoms with Crippen LogP contribution < -0.4 is 5.43 Å². The van der Waals surface area contributed by atoms with E-state index in [0.29, 0.717) is 17.3 Å². The zero-order valence-electron chi connectivity index (χ0n) is 7.52. The van der Waals surface area contributed by atoms with Gasteiger partial charge in [0.2, 0.25) is 0 Å². The Morgan fingerprint density at radius 3 is 2.86 bits per heavy atom. The van der Waals surface area contributed by atoms with Crippen LogP contribution in [0.4, 0.5) is 10.1 Å². The number of halogens is 3. The second-order valence-corrected chi connectivity index (χ2v) is 3.42. The molecule has 0 bridgehead atoms. The van der Waals surface area contributed by atoms with Gasteiger partial charge in [-0.3, -0.25) is 5.43 Å². The van der Waals surface area contributed by atoms with Crippen LogP contribution in [-0.4, -0.2) is 5.17 Å². The summed E-state index contributed by atoms with van der Waals surface area (Å²) in [5.41, 5.74) is 3.18. The molecule has 0 saturated carbocycles. The Labute approximate surface area is 91.7 Å². The van der Waals surface area contributed by atoms with Crippen molar-refractivity contribution >= 4 is 34.1 Å². The number of hydrazone groups is 1. The van der Waals surface area contributed by atoms with Crippen LogP contribution >= 0.6 is 23.2 Å². The third kappa shape index (κ3) is 3.16. The first-order valence-corrected chi connectivity index (χ1v) is 4.82. The Bertz CT molecular complexity index is 353. The van der Waals surface area contributed by atoms with Crippen LogP contribution in [-0.2, 0) is 0 Å². The average molecular weight is 235 g/mol. The fraction of sp³-hybridized carbons (Fsp3) is 0.222. The normalized spacial score (nSPS) is 11.6. The molecule has 5 heteroatoms. The maximum atomic E-state index is 12.6. The minimum absolute atomic E-state index is 0.273. The molecule has 0 saturated heterocycles. The second kappa shape index (κ2) is 5.17. The first-order chi connectivity index (χ1) is 6.63. The highest BCUT2D eigenvalue weighted by Gasteiger charge is 2.00. The number of hydrogen-bond donors (Lipinski definition) is 1. The molecule has 1 rings (SSSR count). The van der Waals surface area contributed by atoms with Crippen LogP contribution in [0.2, 0.25) is 5.02 Å². The Balaban J connectivity index is 2.77. The van der Waals surface area contributed by atoms with Crippen molar-refractivity contribution in [1.29, 1.82) is 0 Å². The van der Waals surface area contributed by atoms with Gasteiger partial charge < -0.3 is 0 Å². The molecule has 0 aliphatic heterocycles. The number of anilines is 1. The lowest BCUT2D eigenvalue weighted by Crippen LogP contribution is -1.94. The van der Waals surface area contributed by atoms with E-state index < -0.39 is 0 Å². The second-order valence-electron chi connectivity index (χ2n) is 2.58. The van der Waals surface area contributed by atoms with Gasteiger partial charge in [0.15, 0.2) is 0 Å². The predicted octanol–water partition coefficient (Wildman–Crippen LogP) is 3.85. The molecule has 0 spiro atoms. The maximum absolute atomic E-state index is 12.6. The van der Waals surface area contributed by atoms with Crippen LogP contribution in [0.15, 0.2) is 23.3 Å². The fourth-order valence-electron chi connectivity index (χ4n) is 0.780. The van der Waals surface area contributed by atoms with Crippen molar-refractivity contribution in [2.45, 2.75) is 13.3 Å². The van der Waals surface area contributed by atoms with Gasteiger partial charge in [-0.05, 0) is 24.6 Å². The van der Waals surface area contributed by atoms with E-state index in [1.807, 2.05) is 6.92 Å². The van der Waals surface area contributed by atoms with E-state index in [1.165, 1.54) is 18.2 Å². The monoisotopic (exact) mass is 234 g/mol. The molecule has 76 valence electrons. The summed E-state index contributed by atoms with van der Waals surface area (Å²) in [5.74, 6) is -0.383. The van der Waals surface area contributed by atoms with Gasteiger partial charge in [-0.15, -0.1) is 0 Å². The molecule has 0 aliphatic carbocycles. The van der Waals surface area contributed by atoms with Crippen molar-refractivity contribution in [3.63, 3.8) is 0 Å². The third-order valence-electron chi connectivity index (χ3n) is 1.52. The molecule has 0 unspecified atom stereocenters. The van der Waals surface area contributed by atoms with Gasteiger partial charge in [0.1, 0.15) is 11.0 Å². The highest BCUT2D eigenvalue weighted by atomic mass is 35.5. The van der Waals surface area contributed by atoms with Gasteiger partial charge in [0, 0.05) is 0 Å².